The molecule has 0 bridgehead atoms. The summed E-state index contributed by atoms with van der Waals surface area (Å²) < 4.78 is 6.37. The van der Waals surface area contributed by atoms with E-state index < -0.39 is 0 Å². The van der Waals surface area contributed by atoms with Crippen molar-refractivity contribution < 1.29 is 4.42 Å². The number of benzene rings is 6. The van der Waals surface area contributed by atoms with E-state index in [4.69, 9.17) is 4.42 Å². The summed E-state index contributed by atoms with van der Waals surface area (Å²) in [7, 11) is 0. The molecule has 7 aromatic rings. The van der Waals surface area contributed by atoms with Crippen LogP contribution >= 0.6 is 0 Å². The average Bonchev–Trinajstić information content (AvgIpc) is 3.43. The Bertz CT molecular complexity index is 1840. The highest BCUT2D eigenvalue weighted by Crippen LogP contribution is 2.44. The zero-order chi connectivity index (χ0) is 25.3. The Hall–Kier alpha value is -5.08. The van der Waals surface area contributed by atoms with Crippen LogP contribution in [0.2, 0.25) is 0 Å². The van der Waals surface area contributed by atoms with Crippen LogP contribution in [0.4, 0.5) is 17.1 Å². The molecular weight excluding hydrogens is 462 g/mol. The monoisotopic (exact) mass is 487 g/mol. The van der Waals surface area contributed by atoms with Crippen molar-refractivity contribution >= 4 is 38.8 Å². The summed E-state index contributed by atoms with van der Waals surface area (Å²) in [6.07, 6.45) is 0. The van der Waals surface area contributed by atoms with Crippen LogP contribution in [0.5, 0.6) is 0 Å². The third-order valence-electron chi connectivity index (χ3n) is 7.05. The van der Waals surface area contributed by atoms with Gasteiger partial charge in [-0.15, -0.1) is 0 Å². The van der Waals surface area contributed by atoms with E-state index in [1.54, 1.807) is 0 Å². The Labute approximate surface area is 222 Å². The van der Waals surface area contributed by atoms with Crippen molar-refractivity contribution in [1.82, 2.24) is 0 Å². The first-order valence-electron chi connectivity index (χ1n) is 12.9. The Kier molecular flexibility index (Phi) is 5.49. The molecule has 0 aliphatic heterocycles. The minimum atomic E-state index is 0.853. The molecule has 180 valence electrons. The normalized spacial score (nSPS) is 11.2. The van der Waals surface area contributed by atoms with E-state index >= 15 is 0 Å². The fourth-order valence-corrected chi connectivity index (χ4v) is 5.26. The maximum Gasteiger partial charge on any atom is 0.137 e. The highest BCUT2D eigenvalue weighted by atomic mass is 16.3. The number of furan rings is 1. The first-order valence-corrected chi connectivity index (χ1v) is 12.9. The average molecular weight is 488 g/mol. The lowest BCUT2D eigenvalue weighted by Gasteiger charge is -2.29. The van der Waals surface area contributed by atoms with Crippen LogP contribution in [0.25, 0.3) is 44.2 Å². The molecule has 38 heavy (non-hydrogen) atoms. The Morgan fingerprint density at radius 2 is 1.11 bits per heavy atom. The molecular formula is C36H25NO. The van der Waals surface area contributed by atoms with Crippen molar-refractivity contribution in [3.63, 3.8) is 0 Å². The van der Waals surface area contributed by atoms with Crippen molar-refractivity contribution in [2.45, 2.75) is 0 Å². The Morgan fingerprint density at radius 3 is 2.00 bits per heavy atom. The lowest BCUT2D eigenvalue weighted by molar-refractivity contribution is 0.631. The lowest BCUT2D eigenvalue weighted by atomic mass is 10.0. The highest BCUT2D eigenvalue weighted by Gasteiger charge is 2.21. The molecule has 1 heterocycles. The molecule has 7 rings (SSSR count). The molecule has 0 N–H and O–H groups in total. The van der Waals surface area contributed by atoms with Crippen LogP contribution in [0.3, 0.4) is 0 Å². The molecule has 0 spiro atoms. The van der Waals surface area contributed by atoms with Gasteiger partial charge in [-0.25, -0.2) is 0 Å². The summed E-state index contributed by atoms with van der Waals surface area (Å²) >= 11 is 0. The number of fused-ring (bicyclic) bond motifs is 2. The minimum absolute atomic E-state index is 0.853. The number of nitrogens with zero attached hydrogens (tertiary/aromatic N) is 1. The molecule has 0 aliphatic carbocycles. The Morgan fingerprint density at radius 1 is 0.447 bits per heavy atom. The number of rotatable bonds is 5. The van der Waals surface area contributed by atoms with Gasteiger partial charge in [0, 0.05) is 22.0 Å². The van der Waals surface area contributed by atoms with Gasteiger partial charge in [-0.1, -0.05) is 109 Å². The molecule has 0 saturated heterocycles. The fraction of sp³-hybridized carbons (Fsp3) is 0. The van der Waals surface area contributed by atoms with Gasteiger partial charge in [0.15, 0.2) is 0 Å². The van der Waals surface area contributed by atoms with Crippen molar-refractivity contribution in [3.05, 3.63) is 152 Å². The first kappa shape index (κ1) is 22.1. The molecule has 0 saturated carbocycles. The van der Waals surface area contributed by atoms with Gasteiger partial charge in [0.25, 0.3) is 0 Å². The highest BCUT2D eigenvalue weighted by molar-refractivity contribution is 6.01. The van der Waals surface area contributed by atoms with Gasteiger partial charge in [-0.2, -0.15) is 0 Å². The van der Waals surface area contributed by atoms with Crippen LogP contribution in [-0.4, -0.2) is 0 Å². The van der Waals surface area contributed by atoms with E-state index in [9.17, 15) is 0 Å². The second kappa shape index (κ2) is 9.42. The first-order chi connectivity index (χ1) is 18.8. The van der Waals surface area contributed by atoms with Gasteiger partial charge in [0.05, 0.1) is 11.4 Å². The van der Waals surface area contributed by atoms with E-state index in [-0.39, 0.29) is 0 Å². The SMILES string of the molecule is c1ccc(-c2cccc(N(c3ccccc3-c3cc4ccccc4o3)c3cccc4ccccc34)c2)cc1. The van der Waals surface area contributed by atoms with Gasteiger partial charge in [0.1, 0.15) is 11.3 Å². The van der Waals surface area contributed by atoms with E-state index in [2.05, 4.69) is 138 Å². The third-order valence-corrected chi connectivity index (χ3v) is 7.05. The molecule has 1 aromatic heterocycles. The molecule has 0 unspecified atom stereocenters. The van der Waals surface area contributed by atoms with Crippen LogP contribution < -0.4 is 4.90 Å². The topological polar surface area (TPSA) is 16.4 Å². The van der Waals surface area contributed by atoms with Crippen LogP contribution in [-0.2, 0) is 0 Å². The van der Waals surface area contributed by atoms with Crippen molar-refractivity contribution in [2.24, 2.45) is 0 Å². The molecule has 2 nitrogen and oxygen atoms in total. The summed E-state index contributed by atoms with van der Waals surface area (Å²) in [6.45, 7) is 0. The summed E-state index contributed by atoms with van der Waals surface area (Å²) in [5.74, 6) is 0.853. The molecule has 0 fully saturated rings. The zero-order valence-corrected chi connectivity index (χ0v) is 20.8. The van der Waals surface area contributed by atoms with E-state index in [1.165, 1.54) is 21.9 Å². The summed E-state index contributed by atoms with van der Waals surface area (Å²) in [6, 6.07) is 53.2. The lowest BCUT2D eigenvalue weighted by Crippen LogP contribution is -2.11. The smallest absolute Gasteiger partial charge is 0.137 e. The van der Waals surface area contributed by atoms with Gasteiger partial charge < -0.3 is 9.32 Å². The van der Waals surface area contributed by atoms with Crippen LogP contribution in [0.15, 0.2) is 156 Å². The predicted molar refractivity (Wildman–Crippen MR) is 159 cm³/mol. The standard InChI is InChI=1S/C36H25NO/c1-2-12-26(13-3-1)28-17-10-18-30(24-28)37(33-22-11-16-27-14-4-6-19-31(27)33)34-21-8-7-20-32(34)36-25-29-15-5-9-23-35(29)38-36/h1-25H. The molecule has 0 radical (unpaired) electrons. The minimum Gasteiger partial charge on any atom is -0.456 e. The fourth-order valence-electron chi connectivity index (χ4n) is 5.26. The maximum atomic E-state index is 6.37. The van der Waals surface area contributed by atoms with Crippen LogP contribution in [0.1, 0.15) is 0 Å². The predicted octanol–water partition coefficient (Wildman–Crippen LogP) is 10.4. The van der Waals surface area contributed by atoms with E-state index in [1.807, 2.05) is 18.2 Å². The van der Waals surface area contributed by atoms with E-state index in [0.29, 0.717) is 0 Å². The molecule has 2 heteroatoms. The summed E-state index contributed by atoms with van der Waals surface area (Å²) in [5.41, 5.74) is 7.57. The quantitative estimate of drug-likeness (QED) is 0.240. The van der Waals surface area contributed by atoms with E-state index in [0.717, 1.165) is 39.4 Å². The number of hydrogen-bond acceptors (Lipinski definition) is 2. The van der Waals surface area contributed by atoms with Gasteiger partial charge in [-0.3, -0.25) is 0 Å². The third kappa shape index (κ3) is 3.93. The van der Waals surface area contributed by atoms with Crippen molar-refractivity contribution in [2.75, 3.05) is 4.90 Å². The van der Waals surface area contributed by atoms with Crippen LogP contribution in [0, 0.1) is 0 Å². The second-order valence-electron chi connectivity index (χ2n) is 9.42. The zero-order valence-electron chi connectivity index (χ0n) is 20.8. The number of para-hydroxylation sites is 2. The number of hydrogen-bond donors (Lipinski definition) is 0. The second-order valence-corrected chi connectivity index (χ2v) is 9.42. The van der Waals surface area contributed by atoms with Crippen molar-refractivity contribution in [1.29, 1.82) is 0 Å². The molecule has 6 aromatic carbocycles. The summed E-state index contributed by atoms with van der Waals surface area (Å²) in [5, 5.41) is 3.50. The summed E-state index contributed by atoms with van der Waals surface area (Å²) in [4.78, 5) is 2.36. The Balaban J connectivity index is 1.49. The van der Waals surface area contributed by atoms with Gasteiger partial charge in [-0.05, 0) is 59.0 Å². The number of anilines is 3. The maximum absolute atomic E-state index is 6.37. The molecule has 0 atom stereocenters. The van der Waals surface area contributed by atoms with Crippen molar-refractivity contribution in [3.8, 4) is 22.5 Å². The van der Waals surface area contributed by atoms with Gasteiger partial charge in [0.2, 0.25) is 0 Å². The largest absolute Gasteiger partial charge is 0.456 e. The van der Waals surface area contributed by atoms with Gasteiger partial charge >= 0.3 is 0 Å². The molecule has 0 aliphatic rings. The molecule has 0 amide bonds.